The lowest BCUT2D eigenvalue weighted by Gasteiger charge is -2.29. The molecule has 31 heavy (non-hydrogen) atoms. The standard InChI is InChI=1S/C24H21N5OS/c30-19-10-8-18(9-11-19)29-23(22(27-24(29)31)20-6-1-2-13-26-20)21-7-4-14-28(21)16-17-5-3-12-25-15-17/h1-15,22-23,30H,16H2,(H,27,31)/t22-,23-/m0/s1. The average molecular weight is 428 g/mol. The quantitative estimate of drug-likeness (QED) is 0.465. The van der Waals surface area contributed by atoms with Gasteiger partial charge in [-0.05, 0) is 72.4 Å². The summed E-state index contributed by atoms with van der Waals surface area (Å²) in [5.41, 5.74) is 4.07. The van der Waals surface area contributed by atoms with E-state index in [9.17, 15) is 5.11 Å². The molecule has 2 N–H and O–H groups in total. The Kier molecular flexibility index (Phi) is 5.09. The van der Waals surface area contributed by atoms with E-state index in [1.807, 2.05) is 42.6 Å². The number of aromatic nitrogens is 3. The number of aromatic hydroxyl groups is 1. The van der Waals surface area contributed by atoms with Gasteiger partial charge in [-0.15, -0.1) is 0 Å². The van der Waals surface area contributed by atoms with Crippen LogP contribution in [0.4, 0.5) is 5.69 Å². The Hall–Kier alpha value is -3.71. The minimum absolute atomic E-state index is 0.112. The van der Waals surface area contributed by atoms with Crippen molar-refractivity contribution in [1.29, 1.82) is 0 Å². The van der Waals surface area contributed by atoms with Crippen LogP contribution in [0.3, 0.4) is 0 Å². The number of anilines is 1. The SMILES string of the molecule is Oc1ccc(N2C(=S)N[C@@H](c3ccccn3)[C@@H]2c2cccn2Cc2cccnc2)cc1. The number of phenols is 1. The van der Waals surface area contributed by atoms with Crippen LogP contribution >= 0.6 is 12.2 Å². The van der Waals surface area contributed by atoms with Gasteiger partial charge in [-0.1, -0.05) is 12.1 Å². The van der Waals surface area contributed by atoms with Crippen LogP contribution in [-0.2, 0) is 6.54 Å². The van der Waals surface area contributed by atoms with Crippen LogP contribution in [0.25, 0.3) is 0 Å². The van der Waals surface area contributed by atoms with E-state index >= 15 is 0 Å². The minimum Gasteiger partial charge on any atom is -0.508 e. The maximum atomic E-state index is 9.77. The summed E-state index contributed by atoms with van der Waals surface area (Å²) in [5, 5.41) is 13.9. The molecule has 0 saturated carbocycles. The molecule has 6 nitrogen and oxygen atoms in total. The largest absolute Gasteiger partial charge is 0.508 e. The second-order valence-corrected chi connectivity index (χ2v) is 7.82. The molecule has 5 rings (SSSR count). The zero-order valence-electron chi connectivity index (χ0n) is 16.7. The number of benzene rings is 1. The summed E-state index contributed by atoms with van der Waals surface area (Å²) in [6.45, 7) is 0.706. The molecule has 0 amide bonds. The lowest BCUT2D eigenvalue weighted by atomic mass is 10.0. The molecule has 3 aromatic heterocycles. The molecular weight excluding hydrogens is 406 g/mol. The lowest BCUT2D eigenvalue weighted by molar-refractivity contribution is 0.475. The summed E-state index contributed by atoms with van der Waals surface area (Å²) in [7, 11) is 0. The van der Waals surface area contributed by atoms with Crippen molar-refractivity contribution in [3.8, 4) is 5.75 Å². The highest BCUT2D eigenvalue weighted by molar-refractivity contribution is 7.80. The fourth-order valence-corrected chi connectivity index (χ4v) is 4.42. The van der Waals surface area contributed by atoms with E-state index in [0.717, 1.165) is 22.6 Å². The summed E-state index contributed by atoms with van der Waals surface area (Å²) in [4.78, 5) is 11.0. The zero-order valence-corrected chi connectivity index (χ0v) is 17.5. The Bertz CT molecular complexity index is 1180. The molecule has 0 aliphatic carbocycles. The first-order valence-corrected chi connectivity index (χ1v) is 10.4. The minimum atomic E-state index is -0.120. The van der Waals surface area contributed by atoms with Gasteiger partial charge in [0.25, 0.3) is 0 Å². The van der Waals surface area contributed by atoms with Crippen LogP contribution in [0.5, 0.6) is 5.75 Å². The molecular formula is C24H21N5OS. The van der Waals surface area contributed by atoms with Gasteiger partial charge >= 0.3 is 0 Å². The van der Waals surface area contributed by atoms with Gasteiger partial charge in [0.05, 0.1) is 11.7 Å². The number of nitrogens with zero attached hydrogens (tertiary/aromatic N) is 4. The van der Waals surface area contributed by atoms with Crippen LogP contribution < -0.4 is 10.2 Å². The third-order valence-corrected chi connectivity index (χ3v) is 5.78. The summed E-state index contributed by atoms with van der Waals surface area (Å²) in [5.74, 6) is 0.222. The monoisotopic (exact) mass is 427 g/mol. The number of hydrogen-bond donors (Lipinski definition) is 2. The van der Waals surface area contributed by atoms with E-state index in [0.29, 0.717) is 11.7 Å². The average Bonchev–Trinajstić information content (AvgIpc) is 3.39. The van der Waals surface area contributed by atoms with E-state index in [1.165, 1.54) is 0 Å². The molecule has 0 unspecified atom stereocenters. The maximum Gasteiger partial charge on any atom is 0.174 e. The third-order valence-electron chi connectivity index (χ3n) is 5.47. The van der Waals surface area contributed by atoms with Crippen LogP contribution in [0, 0.1) is 0 Å². The third kappa shape index (κ3) is 3.75. The normalized spacial score (nSPS) is 18.2. The van der Waals surface area contributed by atoms with Crippen molar-refractivity contribution in [2.24, 2.45) is 0 Å². The van der Waals surface area contributed by atoms with Gasteiger partial charge in [0.2, 0.25) is 0 Å². The van der Waals surface area contributed by atoms with Gasteiger partial charge in [0.1, 0.15) is 11.8 Å². The smallest absolute Gasteiger partial charge is 0.174 e. The number of nitrogens with one attached hydrogen (secondary N) is 1. The number of hydrogen-bond acceptors (Lipinski definition) is 4. The fourth-order valence-electron chi connectivity index (χ4n) is 4.07. The van der Waals surface area contributed by atoms with E-state index in [1.54, 1.807) is 24.5 Å². The van der Waals surface area contributed by atoms with Crippen LogP contribution in [-0.4, -0.2) is 24.8 Å². The Labute approximate surface area is 185 Å². The zero-order chi connectivity index (χ0) is 21.2. The molecule has 0 radical (unpaired) electrons. The first-order chi connectivity index (χ1) is 15.2. The number of phenolic OH excluding ortho intramolecular Hbond substituents is 1. The van der Waals surface area contributed by atoms with Crippen molar-refractivity contribution in [2.75, 3.05) is 4.90 Å². The van der Waals surface area contributed by atoms with E-state index in [2.05, 4.69) is 49.1 Å². The Morgan fingerprint density at radius 1 is 0.968 bits per heavy atom. The molecule has 0 spiro atoms. The van der Waals surface area contributed by atoms with Crippen LogP contribution in [0.1, 0.15) is 29.0 Å². The van der Waals surface area contributed by atoms with Crippen molar-refractivity contribution < 1.29 is 5.11 Å². The Morgan fingerprint density at radius 3 is 2.58 bits per heavy atom. The highest BCUT2D eigenvalue weighted by Gasteiger charge is 2.42. The molecule has 4 heterocycles. The molecule has 0 bridgehead atoms. The molecule has 154 valence electrons. The summed E-state index contributed by atoms with van der Waals surface area (Å²) in [6, 6.07) is 21.0. The first kappa shape index (κ1) is 19.3. The van der Waals surface area contributed by atoms with Crippen molar-refractivity contribution in [1.82, 2.24) is 19.9 Å². The maximum absolute atomic E-state index is 9.77. The second kappa shape index (κ2) is 8.20. The second-order valence-electron chi connectivity index (χ2n) is 7.44. The molecule has 1 fully saturated rings. The van der Waals surface area contributed by atoms with Gasteiger partial charge in [0.15, 0.2) is 5.11 Å². The van der Waals surface area contributed by atoms with E-state index in [-0.39, 0.29) is 17.8 Å². The topological polar surface area (TPSA) is 66.2 Å². The predicted molar refractivity (Wildman–Crippen MR) is 124 cm³/mol. The van der Waals surface area contributed by atoms with Crippen LogP contribution in [0.2, 0.25) is 0 Å². The molecule has 1 aliphatic heterocycles. The summed E-state index contributed by atoms with van der Waals surface area (Å²) < 4.78 is 2.22. The molecule has 1 aromatic carbocycles. The molecule has 1 saturated heterocycles. The predicted octanol–water partition coefficient (Wildman–Crippen LogP) is 4.21. The molecule has 4 aromatic rings. The highest BCUT2D eigenvalue weighted by atomic mass is 32.1. The molecule has 7 heteroatoms. The van der Waals surface area contributed by atoms with Crippen molar-refractivity contribution in [3.05, 3.63) is 108 Å². The summed E-state index contributed by atoms with van der Waals surface area (Å²) >= 11 is 5.76. The van der Waals surface area contributed by atoms with Crippen molar-refractivity contribution in [2.45, 2.75) is 18.6 Å². The van der Waals surface area contributed by atoms with Crippen molar-refractivity contribution >= 4 is 23.0 Å². The number of pyridine rings is 2. The van der Waals surface area contributed by atoms with Crippen LogP contribution in [0.15, 0.2) is 91.5 Å². The van der Waals surface area contributed by atoms with Gasteiger partial charge in [-0.3, -0.25) is 9.97 Å². The lowest BCUT2D eigenvalue weighted by Crippen LogP contribution is -2.30. The fraction of sp³-hybridized carbons (Fsp3) is 0.125. The Morgan fingerprint density at radius 2 is 1.84 bits per heavy atom. The van der Waals surface area contributed by atoms with Crippen molar-refractivity contribution in [3.63, 3.8) is 0 Å². The van der Waals surface area contributed by atoms with Gasteiger partial charge in [-0.25, -0.2) is 0 Å². The molecule has 1 aliphatic rings. The molecule has 2 atom stereocenters. The van der Waals surface area contributed by atoms with Gasteiger partial charge in [0, 0.05) is 42.7 Å². The van der Waals surface area contributed by atoms with E-state index in [4.69, 9.17) is 12.2 Å². The highest BCUT2D eigenvalue weighted by Crippen LogP contribution is 2.41. The first-order valence-electron chi connectivity index (χ1n) is 10.0. The Balaban J connectivity index is 1.60. The van der Waals surface area contributed by atoms with Gasteiger partial charge in [-0.2, -0.15) is 0 Å². The summed E-state index contributed by atoms with van der Waals surface area (Å²) in [6.07, 6.45) is 7.54. The number of thiocarbonyl (C=S) groups is 1. The van der Waals surface area contributed by atoms with Gasteiger partial charge < -0.3 is 19.9 Å². The van der Waals surface area contributed by atoms with E-state index < -0.39 is 0 Å². The number of rotatable bonds is 5.